The molecule has 3 fully saturated rings. The summed E-state index contributed by atoms with van der Waals surface area (Å²) in [4.78, 5) is 11.8. The van der Waals surface area contributed by atoms with E-state index in [2.05, 4.69) is 27.7 Å². The zero-order valence-electron chi connectivity index (χ0n) is 15.5. The summed E-state index contributed by atoms with van der Waals surface area (Å²) in [5.41, 5.74) is 0.402. The highest BCUT2D eigenvalue weighted by Crippen LogP contribution is 2.72. The zero-order valence-corrected chi connectivity index (χ0v) is 15.5. The maximum Gasteiger partial charge on any atom is 0.331 e. The Morgan fingerprint density at radius 1 is 1.17 bits per heavy atom. The lowest BCUT2D eigenvalue weighted by molar-refractivity contribution is -0.181. The third-order valence-corrected chi connectivity index (χ3v) is 8.93. The number of hydrogen-bond donors (Lipinski definition) is 2. The van der Waals surface area contributed by atoms with Crippen molar-refractivity contribution in [3.05, 3.63) is 11.6 Å². The average Bonchev–Trinajstić information content (AvgIpc) is 2.73. The van der Waals surface area contributed by atoms with E-state index in [1.807, 2.05) is 6.08 Å². The highest BCUT2D eigenvalue weighted by molar-refractivity contribution is 5.88. The van der Waals surface area contributed by atoms with Gasteiger partial charge in [0.2, 0.25) is 0 Å². The van der Waals surface area contributed by atoms with Crippen LogP contribution in [0.1, 0.15) is 66.2 Å². The number of allylic oxidation sites excluding steroid dienone is 1. The van der Waals surface area contributed by atoms with Gasteiger partial charge in [-0.15, -0.1) is 0 Å². The fraction of sp³-hybridized carbons (Fsp3) is 0.857. The van der Waals surface area contributed by atoms with Crippen molar-refractivity contribution in [1.29, 1.82) is 0 Å². The first-order chi connectivity index (χ1) is 11.1. The van der Waals surface area contributed by atoms with Crippen LogP contribution in [0.4, 0.5) is 0 Å². The Labute approximate surface area is 145 Å². The lowest BCUT2D eigenvalue weighted by atomic mass is 9.40. The Morgan fingerprint density at radius 2 is 1.88 bits per heavy atom. The Kier molecular flexibility index (Phi) is 3.37. The summed E-state index contributed by atoms with van der Waals surface area (Å²) >= 11 is 0. The second-order valence-corrected chi connectivity index (χ2v) is 10.2. The van der Waals surface area contributed by atoms with Crippen molar-refractivity contribution in [3.8, 4) is 0 Å². The Hall–Kier alpha value is -0.830. The first-order valence-corrected chi connectivity index (χ1v) is 9.75. The number of rotatable bonds is 1. The predicted octanol–water partition coefficient (Wildman–Crippen LogP) is 4.26. The lowest BCUT2D eigenvalue weighted by Crippen LogP contribution is -2.61. The fourth-order valence-corrected chi connectivity index (χ4v) is 7.88. The van der Waals surface area contributed by atoms with Gasteiger partial charge in [-0.25, -0.2) is 4.79 Å². The quantitative estimate of drug-likeness (QED) is 0.754. The van der Waals surface area contributed by atoms with E-state index >= 15 is 0 Å². The SMILES string of the molecule is C[C@@H]1C[C@@]23C[C@H]1CC[C@@H]2[C@@]1(C)CC=C(C(=O)O)C(C)(C)[C@@H]1C[C@H]3O. The average molecular weight is 332 g/mol. The Bertz CT molecular complexity index is 602. The smallest absolute Gasteiger partial charge is 0.331 e. The number of aliphatic hydroxyl groups is 1. The van der Waals surface area contributed by atoms with Crippen LogP contribution < -0.4 is 0 Å². The highest BCUT2D eigenvalue weighted by Gasteiger charge is 2.67. The lowest BCUT2D eigenvalue weighted by Gasteiger charge is -2.64. The van der Waals surface area contributed by atoms with Gasteiger partial charge in [0.25, 0.3) is 0 Å². The molecule has 0 heterocycles. The molecule has 3 saturated carbocycles. The van der Waals surface area contributed by atoms with E-state index in [0.29, 0.717) is 11.5 Å². The van der Waals surface area contributed by atoms with Crippen LogP contribution in [0, 0.1) is 39.9 Å². The number of carbonyl (C=O) groups is 1. The van der Waals surface area contributed by atoms with Gasteiger partial charge in [-0.2, -0.15) is 0 Å². The molecule has 0 unspecified atom stereocenters. The number of aliphatic carboxylic acids is 1. The summed E-state index contributed by atoms with van der Waals surface area (Å²) in [6.07, 6.45) is 8.24. The van der Waals surface area contributed by atoms with Gasteiger partial charge < -0.3 is 10.2 Å². The van der Waals surface area contributed by atoms with Crippen LogP contribution in [0.2, 0.25) is 0 Å². The molecular formula is C21H32O3. The van der Waals surface area contributed by atoms with Crippen LogP contribution in [0.25, 0.3) is 0 Å². The first-order valence-electron chi connectivity index (χ1n) is 9.75. The topological polar surface area (TPSA) is 57.5 Å². The molecule has 2 bridgehead atoms. The van der Waals surface area contributed by atoms with Crippen molar-refractivity contribution in [3.63, 3.8) is 0 Å². The van der Waals surface area contributed by atoms with Gasteiger partial charge in [-0.05, 0) is 73.0 Å². The molecule has 24 heavy (non-hydrogen) atoms. The molecule has 1 spiro atoms. The monoisotopic (exact) mass is 332 g/mol. The number of carboxylic acids is 1. The predicted molar refractivity (Wildman–Crippen MR) is 93.4 cm³/mol. The second kappa shape index (κ2) is 4.87. The number of hydrogen-bond acceptors (Lipinski definition) is 2. The molecule has 0 aliphatic heterocycles. The molecule has 0 amide bonds. The van der Waals surface area contributed by atoms with Crippen molar-refractivity contribution >= 4 is 5.97 Å². The number of aliphatic hydroxyl groups excluding tert-OH is 1. The largest absolute Gasteiger partial charge is 0.478 e. The van der Waals surface area contributed by atoms with Crippen LogP contribution in [-0.2, 0) is 4.79 Å². The van der Waals surface area contributed by atoms with E-state index in [1.54, 1.807) is 0 Å². The molecule has 0 aromatic heterocycles. The molecule has 4 rings (SSSR count). The molecule has 4 aliphatic rings. The second-order valence-electron chi connectivity index (χ2n) is 10.2. The molecule has 0 saturated heterocycles. The van der Waals surface area contributed by atoms with Gasteiger partial charge in [0.05, 0.1) is 6.10 Å². The van der Waals surface area contributed by atoms with Crippen molar-refractivity contribution < 1.29 is 15.0 Å². The van der Waals surface area contributed by atoms with Crippen LogP contribution in [0.15, 0.2) is 11.6 Å². The van der Waals surface area contributed by atoms with Gasteiger partial charge in [-0.1, -0.05) is 33.8 Å². The molecular weight excluding hydrogens is 300 g/mol. The zero-order chi connectivity index (χ0) is 17.5. The molecule has 0 radical (unpaired) electrons. The molecule has 0 aromatic rings. The number of fused-ring (bicyclic) bond motifs is 3. The van der Waals surface area contributed by atoms with Crippen LogP contribution in [0.3, 0.4) is 0 Å². The number of carboxylic acid groups (broad SMARTS) is 1. The molecule has 2 N–H and O–H groups in total. The summed E-state index contributed by atoms with van der Waals surface area (Å²) in [5.74, 6) is 1.52. The van der Waals surface area contributed by atoms with E-state index < -0.39 is 5.97 Å². The van der Waals surface area contributed by atoms with Crippen LogP contribution >= 0.6 is 0 Å². The summed E-state index contributed by atoms with van der Waals surface area (Å²) in [5, 5.41) is 20.9. The van der Waals surface area contributed by atoms with Crippen molar-refractivity contribution in [2.24, 2.45) is 39.9 Å². The molecule has 3 nitrogen and oxygen atoms in total. The summed E-state index contributed by atoms with van der Waals surface area (Å²) in [7, 11) is 0. The van der Waals surface area contributed by atoms with E-state index in [0.717, 1.165) is 24.7 Å². The summed E-state index contributed by atoms with van der Waals surface area (Å²) in [6, 6.07) is 0. The standard InChI is InChI=1S/C21H32O3/c1-12-10-21-11-13(12)5-6-15(21)20(4)8-7-14(18(23)24)19(2,3)16(20)9-17(21)22/h7,12-13,15-17,22H,5-6,8-11H2,1-4H3,(H,23,24)/t12-,13-,15-,16+,17-,20-,21-/m1/s1. The minimum atomic E-state index is -0.782. The Balaban J connectivity index is 1.80. The van der Waals surface area contributed by atoms with Crippen molar-refractivity contribution in [2.75, 3.05) is 0 Å². The summed E-state index contributed by atoms with van der Waals surface area (Å²) < 4.78 is 0. The minimum Gasteiger partial charge on any atom is -0.478 e. The van der Waals surface area contributed by atoms with Crippen molar-refractivity contribution in [2.45, 2.75) is 72.3 Å². The van der Waals surface area contributed by atoms with Gasteiger partial charge in [0.15, 0.2) is 0 Å². The maximum atomic E-state index is 11.8. The van der Waals surface area contributed by atoms with Gasteiger partial charge in [0, 0.05) is 11.0 Å². The van der Waals surface area contributed by atoms with Gasteiger partial charge >= 0.3 is 5.97 Å². The molecule has 4 aliphatic carbocycles. The molecule has 3 heteroatoms. The summed E-state index contributed by atoms with van der Waals surface area (Å²) in [6.45, 7) is 8.94. The maximum absolute atomic E-state index is 11.8. The van der Waals surface area contributed by atoms with Gasteiger partial charge in [0.1, 0.15) is 0 Å². The van der Waals surface area contributed by atoms with Gasteiger partial charge in [-0.3, -0.25) is 0 Å². The van der Waals surface area contributed by atoms with Crippen LogP contribution in [-0.4, -0.2) is 22.3 Å². The normalized spacial score (nSPS) is 52.2. The molecule has 0 aromatic carbocycles. The van der Waals surface area contributed by atoms with E-state index in [9.17, 15) is 15.0 Å². The van der Waals surface area contributed by atoms with E-state index in [1.165, 1.54) is 25.7 Å². The minimum absolute atomic E-state index is 0.0955. The third-order valence-electron chi connectivity index (χ3n) is 8.93. The van der Waals surface area contributed by atoms with E-state index in [-0.39, 0.29) is 28.3 Å². The Morgan fingerprint density at radius 3 is 2.54 bits per heavy atom. The third kappa shape index (κ3) is 1.85. The first kappa shape index (κ1) is 16.6. The molecule has 134 valence electrons. The van der Waals surface area contributed by atoms with Crippen molar-refractivity contribution in [1.82, 2.24) is 0 Å². The highest BCUT2D eigenvalue weighted by atomic mass is 16.4. The van der Waals surface area contributed by atoms with Crippen LogP contribution in [0.5, 0.6) is 0 Å². The fourth-order valence-electron chi connectivity index (χ4n) is 7.88. The van der Waals surface area contributed by atoms with E-state index in [4.69, 9.17) is 0 Å². The molecule has 7 atom stereocenters.